The number of hydrogen-bond acceptors (Lipinski definition) is 3. The summed E-state index contributed by atoms with van der Waals surface area (Å²) in [6, 6.07) is 7.00. The third kappa shape index (κ3) is 3.70. The quantitative estimate of drug-likeness (QED) is 0.485. The zero-order chi connectivity index (χ0) is 15.3. The molecule has 0 saturated carbocycles. The summed E-state index contributed by atoms with van der Waals surface area (Å²) in [7, 11) is 0. The van der Waals surface area contributed by atoms with Crippen LogP contribution >= 0.6 is 0 Å². The lowest BCUT2D eigenvalue weighted by atomic mass is 9.76. The predicted octanol–water partition coefficient (Wildman–Crippen LogP) is 4.03. The summed E-state index contributed by atoms with van der Waals surface area (Å²) in [4.78, 5) is 11.4. The van der Waals surface area contributed by atoms with Gasteiger partial charge in [-0.2, -0.15) is 0 Å². The van der Waals surface area contributed by atoms with Gasteiger partial charge in [0.1, 0.15) is 5.75 Å². The fourth-order valence-corrected chi connectivity index (χ4v) is 1.95. The Morgan fingerprint density at radius 3 is 2.20 bits per heavy atom. The van der Waals surface area contributed by atoms with E-state index in [9.17, 15) is 9.90 Å². The molecule has 0 amide bonds. The normalized spacial score (nSPS) is 12.8. The number of aliphatic hydroxyl groups is 1. The van der Waals surface area contributed by atoms with Crippen molar-refractivity contribution in [2.24, 2.45) is 5.41 Å². The minimum atomic E-state index is -0.525. The average molecular weight is 276 g/mol. The van der Waals surface area contributed by atoms with Crippen LogP contribution in [0.5, 0.6) is 5.75 Å². The van der Waals surface area contributed by atoms with Crippen LogP contribution in [0.3, 0.4) is 0 Å². The Balaban J connectivity index is 2.86. The van der Waals surface area contributed by atoms with Crippen LogP contribution in [0.4, 0.5) is 0 Å². The van der Waals surface area contributed by atoms with Gasteiger partial charge in [0.15, 0.2) is 0 Å². The highest BCUT2D eigenvalue weighted by atomic mass is 16.5. The first-order valence-electron chi connectivity index (χ1n) is 6.99. The number of ether oxygens (including phenoxy) is 1. The Labute approximate surface area is 121 Å². The van der Waals surface area contributed by atoms with Gasteiger partial charge in [-0.3, -0.25) is 0 Å². The van der Waals surface area contributed by atoms with E-state index in [4.69, 9.17) is 4.74 Å². The minimum Gasteiger partial charge on any atom is -0.423 e. The number of hydrogen-bond donors (Lipinski definition) is 1. The lowest BCUT2D eigenvalue weighted by Gasteiger charge is -2.32. The van der Waals surface area contributed by atoms with E-state index >= 15 is 0 Å². The van der Waals surface area contributed by atoms with Crippen molar-refractivity contribution in [3.05, 3.63) is 42.0 Å². The van der Waals surface area contributed by atoms with Gasteiger partial charge in [0, 0.05) is 5.57 Å². The molecule has 1 rings (SSSR count). The van der Waals surface area contributed by atoms with Gasteiger partial charge in [-0.1, -0.05) is 39.5 Å². The number of carbonyl (C=O) groups is 1. The van der Waals surface area contributed by atoms with Gasteiger partial charge >= 0.3 is 5.97 Å². The zero-order valence-electron chi connectivity index (χ0n) is 12.8. The summed E-state index contributed by atoms with van der Waals surface area (Å²) in [5, 5.41) is 10.5. The van der Waals surface area contributed by atoms with E-state index in [2.05, 4.69) is 27.4 Å². The van der Waals surface area contributed by atoms with Crippen molar-refractivity contribution in [2.45, 2.75) is 46.6 Å². The van der Waals surface area contributed by atoms with Gasteiger partial charge in [-0.05, 0) is 42.9 Å². The highest BCUT2D eigenvalue weighted by Gasteiger charge is 2.30. The average Bonchev–Trinajstić information content (AvgIpc) is 2.46. The van der Waals surface area contributed by atoms with Crippen LogP contribution in [0.15, 0.2) is 36.4 Å². The topological polar surface area (TPSA) is 46.5 Å². The van der Waals surface area contributed by atoms with Crippen molar-refractivity contribution >= 4 is 5.97 Å². The van der Waals surface area contributed by atoms with Gasteiger partial charge in [0.05, 0.1) is 6.10 Å². The van der Waals surface area contributed by atoms with Gasteiger partial charge in [-0.15, -0.1) is 0 Å². The Kier molecular flexibility index (Phi) is 5.52. The standard InChI is InChI=1S/C17H24O3/c1-6-17(5,7-2)15(18)13-8-10-14(11-9-13)20-16(19)12(3)4/h8-11,15,18H,3,6-7H2,1-2,4-5H3. The number of benzene rings is 1. The summed E-state index contributed by atoms with van der Waals surface area (Å²) in [5.41, 5.74) is 1.06. The smallest absolute Gasteiger partial charge is 0.338 e. The lowest BCUT2D eigenvalue weighted by Crippen LogP contribution is -2.24. The first kappa shape index (κ1) is 16.4. The van der Waals surface area contributed by atoms with Gasteiger partial charge in [0.25, 0.3) is 0 Å². The molecule has 1 atom stereocenters. The van der Waals surface area contributed by atoms with Gasteiger partial charge in [-0.25, -0.2) is 4.79 Å². The third-order valence-corrected chi connectivity index (χ3v) is 4.03. The van der Waals surface area contributed by atoms with E-state index in [1.54, 1.807) is 31.2 Å². The van der Waals surface area contributed by atoms with E-state index in [-0.39, 0.29) is 5.41 Å². The summed E-state index contributed by atoms with van der Waals surface area (Å²) >= 11 is 0. The Bertz CT molecular complexity index is 470. The molecule has 0 fully saturated rings. The van der Waals surface area contributed by atoms with E-state index < -0.39 is 12.1 Å². The zero-order valence-corrected chi connectivity index (χ0v) is 12.8. The maximum atomic E-state index is 11.4. The highest BCUT2D eigenvalue weighted by molar-refractivity contribution is 5.88. The van der Waals surface area contributed by atoms with Gasteiger partial charge < -0.3 is 9.84 Å². The summed E-state index contributed by atoms with van der Waals surface area (Å²) < 4.78 is 5.13. The molecule has 0 saturated heterocycles. The summed E-state index contributed by atoms with van der Waals surface area (Å²) in [6.45, 7) is 11.4. The van der Waals surface area contributed by atoms with E-state index in [1.165, 1.54) is 0 Å². The number of rotatable bonds is 6. The molecule has 3 heteroatoms. The number of carbonyl (C=O) groups excluding carboxylic acids is 1. The molecule has 1 unspecified atom stereocenters. The van der Waals surface area contributed by atoms with E-state index in [1.807, 2.05) is 0 Å². The number of esters is 1. The van der Waals surface area contributed by atoms with Gasteiger partial charge in [0.2, 0.25) is 0 Å². The molecule has 1 N–H and O–H groups in total. The molecule has 0 bridgehead atoms. The highest BCUT2D eigenvalue weighted by Crippen LogP contribution is 2.39. The predicted molar refractivity (Wildman–Crippen MR) is 80.5 cm³/mol. The third-order valence-electron chi connectivity index (χ3n) is 4.03. The Morgan fingerprint density at radius 1 is 1.30 bits per heavy atom. The first-order chi connectivity index (χ1) is 9.34. The molecule has 0 aromatic heterocycles. The molecule has 0 aliphatic carbocycles. The van der Waals surface area contributed by atoms with Crippen molar-refractivity contribution in [1.29, 1.82) is 0 Å². The van der Waals surface area contributed by atoms with Crippen LogP contribution in [-0.2, 0) is 4.79 Å². The molecule has 3 nitrogen and oxygen atoms in total. The minimum absolute atomic E-state index is 0.143. The fourth-order valence-electron chi connectivity index (χ4n) is 1.95. The van der Waals surface area contributed by atoms with Crippen LogP contribution in [0.1, 0.15) is 52.2 Å². The second kappa shape index (κ2) is 6.71. The van der Waals surface area contributed by atoms with Crippen molar-refractivity contribution in [3.8, 4) is 5.75 Å². The number of aliphatic hydroxyl groups excluding tert-OH is 1. The molecular formula is C17H24O3. The van der Waals surface area contributed by atoms with Crippen LogP contribution < -0.4 is 4.74 Å². The summed E-state index contributed by atoms with van der Waals surface area (Å²) in [5.74, 6) is 0.0221. The molecule has 0 aliphatic rings. The first-order valence-corrected chi connectivity index (χ1v) is 6.99. The van der Waals surface area contributed by atoms with Crippen molar-refractivity contribution in [2.75, 3.05) is 0 Å². The molecule has 0 spiro atoms. The molecule has 0 aliphatic heterocycles. The molecule has 1 aromatic carbocycles. The molecule has 110 valence electrons. The van der Waals surface area contributed by atoms with Crippen LogP contribution in [0.25, 0.3) is 0 Å². The monoisotopic (exact) mass is 276 g/mol. The Hall–Kier alpha value is -1.61. The summed E-state index contributed by atoms with van der Waals surface area (Å²) in [6.07, 6.45) is 1.28. The maximum absolute atomic E-state index is 11.4. The van der Waals surface area contributed by atoms with E-state index in [0.29, 0.717) is 11.3 Å². The van der Waals surface area contributed by atoms with Crippen LogP contribution in [-0.4, -0.2) is 11.1 Å². The van der Waals surface area contributed by atoms with Crippen molar-refractivity contribution in [3.63, 3.8) is 0 Å². The largest absolute Gasteiger partial charge is 0.423 e. The van der Waals surface area contributed by atoms with Crippen molar-refractivity contribution < 1.29 is 14.6 Å². The van der Waals surface area contributed by atoms with E-state index in [0.717, 1.165) is 18.4 Å². The SMILES string of the molecule is C=C(C)C(=O)Oc1ccc(C(O)C(C)(CC)CC)cc1. The molecular weight excluding hydrogens is 252 g/mol. The Morgan fingerprint density at radius 2 is 1.80 bits per heavy atom. The lowest BCUT2D eigenvalue weighted by molar-refractivity contribution is -0.130. The fraction of sp³-hybridized carbons (Fsp3) is 0.471. The molecule has 0 heterocycles. The second-order valence-corrected chi connectivity index (χ2v) is 5.50. The second-order valence-electron chi connectivity index (χ2n) is 5.50. The maximum Gasteiger partial charge on any atom is 0.338 e. The van der Waals surface area contributed by atoms with Crippen LogP contribution in [0.2, 0.25) is 0 Å². The molecule has 1 aromatic rings. The molecule has 0 radical (unpaired) electrons. The van der Waals surface area contributed by atoms with Crippen LogP contribution in [0, 0.1) is 5.41 Å². The van der Waals surface area contributed by atoms with Crippen molar-refractivity contribution in [1.82, 2.24) is 0 Å². The molecule has 20 heavy (non-hydrogen) atoms.